The van der Waals surface area contributed by atoms with Crippen LogP contribution in [-0.2, 0) is 6.42 Å². The van der Waals surface area contributed by atoms with E-state index in [1.54, 1.807) is 0 Å². The van der Waals surface area contributed by atoms with Crippen molar-refractivity contribution in [2.75, 3.05) is 11.9 Å². The Morgan fingerprint density at radius 2 is 2.25 bits per heavy atom. The van der Waals surface area contributed by atoms with Crippen LogP contribution in [0.15, 0.2) is 24.3 Å². The summed E-state index contributed by atoms with van der Waals surface area (Å²) in [7, 11) is 0. The predicted molar refractivity (Wildman–Crippen MR) is 50.1 cm³/mol. The Balaban J connectivity index is 2.23. The van der Waals surface area contributed by atoms with Crippen molar-refractivity contribution in [1.82, 2.24) is 5.73 Å². The van der Waals surface area contributed by atoms with Gasteiger partial charge >= 0.3 is 0 Å². The van der Waals surface area contributed by atoms with Crippen molar-refractivity contribution in [1.29, 1.82) is 0 Å². The first-order valence-corrected chi connectivity index (χ1v) is 4.39. The summed E-state index contributed by atoms with van der Waals surface area (Å²) < 4.78 is 0. The van der Waals surface area contributed by atoms with Crippen LogP contribution in [0.25, 0.3) is 0 Å². The molecule has 0 aromatic heterocycles. The second kappa shape index (κ2) is 3.15. The van der Waals surface area contributed by atoms with E-state index in [0.717, 1.165) is 12.8 Å². The van der Waals surface area contributed by atoms with E-state index in [0.29, 0.717) is 12.6 Å². The van der Waals surface area contributed by atoms with Crippen LogP contribution >= 0.6 is 0 Å². The van der Waals surface area contributed by atoms with Crippen LogP contribution in [0.4, 0.5) is 5.69 Å². The third-order valence-electron chi connectivity index (χ3n) is 2.39. The highest BCUT2D eigenvalue weighted by atomic mass is 14.9. The lowest BCUT2D eigenvalue weighted by Gasteiger charge is -2.25. The molecule has 1 aromatic carbocycles. The summed E-state index contributed by atoms with van der Waals surface area (Å²) in [5, 5.41) is 3.36. The zero-order chi connectivity index (χ0) is 8.39. The number of hydrogen-bond donors (Lipinski definition) is 1. The summed E-state index contributed by atoms with van der Waals surface area (Å²) in [6.45, 7) is 0.480. The molecule has 0 saturated carbocycles. The van der Waals surface area contributed by atoms with Gasteiger partial charge in [-0.25, -0.2) is 0 Å². The van der Waals surface area contributed by atoms with E-state index >= 15 is 0 Å². The number of fused-ring (bicyclic) bond motifs is 1. The molecule has 63 valence electrons. The van der Waals surface area contributed by atoms with Gasteiger partial charge in [-0.15, -0.1) is 0 Å². The molecule has 0 saturated heterocycles. The van der Waals surface area contributed by atoms with E-state index in [2.05, 4.69) is 23.5 Å². The Bertz CT molecular complexity index is 270. The molecule has 1 aliphatic rings. The first-order chi connectivity index (χ1) is 5.90. The minimum absolute atomic E-state index is 0.361. The molecule has 0 fully saturated rings. The standard InChI is InChI=1S/C10H13N2/c11-7-9-6-5-8-3-1-2-4-10(8)12-9/h1-4,9,11-12H,5-7H2. The van der Waals surface area contributed by atoms with E-state index in [1.165, 1.54) is 11.3 Å². The summed E-state index contributed by atoms with van der Waals surface area (Å²) in [6.07, 6.45) is 2.22. The number of benzene rings is 1. The molecular formula is C10H13N2. The zero-order valence-electron chi connectivity index (χ0n) is 7.01. The molecule has 0 aliphatic carbocycles. The molecule has 12 heavy (non-hydrogen) atoms. The fourth-order valence-electron chi connectivity index (χ4n) is 1.65. The van der Waals surface area contributed by atoms with Crippen molar-refractivity contribution in [3.8, 4) is 0 Å². The van der Waals surface area contributed by atoms with Gasteiger partial charge in [0.05, 0.1) is 0 Å². The number of para-hydroxylation sites is 1. The van der Waals surface area contributed by atoms with Crippen LogP contribution in [0, 0.1) is 0 Å². The van der Waals surface area contributed by atoms with E-state index in [9.17, 15) is 0 Å². The quantitative estimate of drug-likeness (QED) is 0.668. The van der Waals surface area contributed by atoms with Crippen LogP contribution < -0.4 is 11.1 Å². The molecule has 2 nitrogen and oxygen atoms in total. The summed E-state index contributed by atoms with van der Waals surface area (Å²) >= 11 is 0. The lowest BCUT2D eigenvalue weighted by molar-refractivity contribution is 0.632. The maximum absolute atomic E-state index is 7.28. The van der Waals surface area contributed by atoms with E-state index in [1.807, 2.05) is 6.07 Å². The van der Waals surface area contributed by atoms with Gasteiger partial charge in [-0.1, -0.05) is 18.2 Å². The molecule has 2 N–H and O–H groups in total. The third kappa shape index (κ3) is 1.30. The summed E-state index contributed by atoms with van der Waals surface area (Å²) in [5.41, 5.74) is 9.89. The van der Waals surface area contributed by atoms with Crippen molar-refractivity contribution in [3.05, 3.63) is 29.8 Å². The van der Waals surface area contributed by atoms with Gasteiger partial charge in [0.25, 0.3) is 0 Å². The lowest BCUT2D eigenvalue weighted by Crippen LogP contribution is -2.29. The Labute approximate surface area is 72.8 Å². The second-order valence-electron chi connectivity index (χ2n) is 3.24. The second-order valence-corrected chi connectivity index (χ2v) is 3.24. The zero-order valence-corrected chi connectivity index (χ0v) is 7.01. The van der Waals surface area contributed by atoms with Crippen molar-refractivity contribution < 1.29 is 0 Å². The van der Waals surface area contributed by atoms with E-state index < -0.39 is 0 Å². The fourth-order valence-corrected chi connectivity index (χ4v) is 1.65. The van der Waals surface area contributed by atoms with Crippen molar-refractivity contribution in [3.63, 3.8) is 0 Å². The van der Waals surface area contributed by atoms with E-state index in [-0.39, 0.29) is 0 Å². The van der Waals surface area contributed by atoms with Gasteiger partial charge in [0.15, 0.2) is 0 Å². The molecule has 1 atom stereocenters. The Morgan fingerprint density at radius 1 is 1.42 bits per heavy atom. The SMILES string of the molecule is [NH]CC1CCc2ccccc2N1. The molecule has 0 bridgehead atoms. The maximum atomic E-state index is 7.28. The lowest BCUT2D eigenvalue weighted by atomic mass is 9.98. The molecule has 1 heterocycles. The van der Waals surface area contributed by atoms with Gasteiger partial charge in [-0.2, -0.15) is 0 Å². The Hall–Kier alpha value is -1.02. The minimum Gasteiger partial charge on any atom is -0.381 e. The molecule has 1 aliphatic heterocycles. The highest BCUT2D eigenvalue weighted by Gasteiger charge is 2.14. The van der Waals surface area contributed by atoms with E-state index in [4.69, 9.17) is 5.73 Å². The summed E-state index contributed by atoms with van der Waals surface area (Å²) in [4.78, 5) is 0. The van der Waals surface area contributed by atoms with Gasteiger partial charge in [-0.3, -0.25) is 5.73 Å². The third-order valence-corrected chi connectivity index (χ3v) is 2.39. The number of hydrogen-bond acceptors (Lipinski definition) is 1. The number of nitrogens with one attached hydrogen (secondary N) is 2. The Morgan fingerprint density at radius 3 is 3.08 bits per heavy atom. The molecule has 1 aromatic rings. The van der Waals surface area contributed by atoms with Crippen molar-refractivity contribution >= 4 is 5.69 Å². The van der Waals surface area contributed by atoms with Gasteiger partial charge < -0.3 is 5.32 Å². The summed E-state index contributed by atoms with van der Waals surface area (Å²) in [6, 6.07) is 8.72. The molecule has 1 radical (unpaired) electrons. The number of rotatable bonds is 1. The number of anilines is 1. The monoisotopic (exact) mass is 161 g/mol. The van der Waals surface area contributed by atoms with Crippen molar-refractivity contribution in [2.24, 2.45) is 0 Å². The van der Waals surface area contributed by atoms with Gasteiger partial charge in [0, 0.05) is 18.3 Å². The molecular weight excluding hydrogens is 148 g/mol. The topological polar surface area (TPSA) is 35.8 Å². The van der Waals surface area contributed by atoms with Crippen LogP contribution in [0.1, 0.15) is 12.0 Å². The average Bonchev–Trinajstić information content (AvgIpc) is 2.17. The molecule has 0 spiro atoms. The predicted octanol–water partition coefficient (Wildman–Crippen LogP) is 1.70. The normalized spacial score (nSPS) is 21.2. The highest BCUT2D eigenvalue weighted by Crippen LogP contribution is 2.23. The smallest absolute Gasteiger partial charge is 0.0403 e. The molecule has 0 amide bonds. The van der Waals surface area contributed by atoms with Crippen LogP contribution in [0.5, 0.6) is 0 Å². The minimum atomic E-state index is 0.361. The largest absolute Gasteiger partial charge is 0.381 e. The average molecular weight is 161 g/mol. The van der Waals surface area contributed by atoms with Gasteiger partial charge in [0.1, 0.15) is 0 Å². The first kappa shape index (κ1) is 7.62. The van der Waals surface area contributed by atoms with Gasteiger partial charge in [-0.05, 0) is 24.5 Å². The number of aryl methyl sites for hydroxylation is 1. The highest BCUT2D eigenvalue weighted by molar-refractivity contribution is 5.53. The summed E-state index contributed by atoms with van der Waals surface area (Å²) in [5.74, 6) is 0. The molecule has 1 unspecified atom stereocenters. The van der Waals surface area contributed by atoms with Crippen LogP contribution in [-0.4, -0.2) is 12.6 Å². The molecule has 2 rings (SSSR count). The fraction of sp³-hybridized carbons (Fsp3) is 0.400. The van der Waals surface area contributed by atoms with Crippen LogP contribution in [0.2, 0.25) is 0 Å². The van der Waals surface area contributed by atoms with Crippen LogP contribution in [0.3, 0.4) is 0 Å². The first-order valence-electron chi connectivity index (χ1n) is 4.39. The molecule has 2 heteroatoms. The van der Waals surface area contributed by atoms with Gasteiger partial charge in [0.2, 0.25) is 0 Å². The maximum Gasteiger partial charge on any atom is 0.0403 e. The van der Waals surface area contributed by atoms with Crippen molar-refractivity contribution in [2.45, 2.75) is 18.9 Å². The Kier molecular flexibility index (Phi) is 2.00.